The first-order valence-corrected chi connectivity index (χ1v) is 10.1. The lowest BCUT2D eigenvalue weighted by atomic mass is 10.0. The molecule has 0 amide bonds. The molecule has 0 atom stereocenters. The molecule has 0 saturated carbocycles. The Bertz CT molecular complexity index is 1340. The SMILES string of the molecule is COC(=O)c1cccc(Cc2cc3ccccn3c2C(=O)OC(=O)c2ccccc2C)c1. The maximum absolute atomic E-state index is 13.1. The lowest BCUT2D eigenvalue weighted by Gasteiger charge is -2.09. The predicted molar refractivity (Wildman–Crippen MR) is 119 cm³/mol. The van der Waals surface area contributed by atoms with Crippen molar-refractivity contribution in [3.63, 3.8) is 0 Å². The molecule has 0 radical (unpaired) electrons. The molecule has 0 saturated heterocycles. The zero-order valence-electron chi connectivity index (χ0n) is 17.7. The number of pyridine rings is 1. The van der Waals surface area contributed by atoms with E-state index in [9.17, 15) is 14.4 Å². The summed E-state index contributed by atoms with van der Waals surface area (Å²) in [5.74, 6) is -1.86. The van der Waals surface area contributed by atoms with Crippen LogP contribution in [0.15, 0.2) is 79.0 Å². The summed E-state index contributed by atoms with van der Waals surface area (Å²) in [5, 5.41) is 0. The minimum Gasteiger partial charge on any atom is -0.465 e. The minimum atomic E-state index is -0.733. The van der Waals surface area contributed by atoms with Crippen LogP contribution < -0.4 is 0 Å². The molecule has 4 rings (SSSR count). The molecule has 0 spiro atoms. The topological polar surface area (TPSA) is 74.1 Å². The van der Waals surface area contributed by atoms with Crippen LogP contribution in [0.2, 0.25) is 0 Å². The van der Waals surface area contributed by atoms with E-state index in [0.29, 0.717) is 23.1 Å². The van der Waals surface area contributed by atoms with Gasteiger partial charge in [0.1, 0.15) is 5.69 Å². The molecule has 0 fully saturated rings. The number of hydrogen-bond acceptors (Lipinski definition) is 5. The molecular weight excluding hydrogens is 406 g/mol. The van der Waals surface area contributed by atoms with Gasteiger partial charge in [-0.15, -0.1) is 0 Å². The number of rotatable bonds is 5. The normalized spacial score (nSPS) is 10.7. The number of carbonyl (C=O) groups is 3. The van der Waals surface area contributed by atoms with Crippen molar-refractivity contribution in [1.29, 1.82) is 0 Å². The highest BCUT2D eigenvalue weighted by Crippen LogP contribution is 2.23. The van der Waals surface area contributed by atoms with Crippen LogP contribution in [0.1, 0.15) is 47.9 Å². The van der Waals surface area contributed by atoms with Crippen molar-refractivity contribution < 1.29 is 23.9 Å². The number of esters is 3. The molecule has 6 heteroatoms. The van der Waals surface area contributed by atoms with Crippen LogP contribution in [0.4, 0.5) is 0 Å². The number of hydrogen-bond donors (Lipinski definition) is 0. The lowest BCUT2D eigenvalue weighted by Crippen LogP contribution is -2.17. The minimum absolute atomic E-state index is 0.269. The van der Waals surface area contributed by atoms with Gasteiger partial charge in [-0.25, -0.2) is 14.4 Å². The first-order valence-electron chi connectivity index (χ1n) is 10.1. The van der Waals surface area contributed by atoms with Gasteiger partial charge in [0.2, 0.25) is 0 Å². The summed E-state index contributed by atoms with van der Waals surface area (Å²) in [6.45, 7) is 1.79. The molecule has 0 aliphatic carbocycles. The molecule has 2 aromatic heterocycles. The first kappa shape index (κ1) is 21.1. The molecule has 4 aromatic rings. The molecule has 0 aliphatic heterocycles. The van der Waals surface area contributed by atoms with Crippen molar-refractivity contribution >= 4 is 23.4 Å². The van der Waals surface area contributed by atoms with Crippen molar-refractivity contribution in [2.24, 2.45) is 0 Å². The zero-order chi connectivity index (χ0) is 22.7. The Morgan fingerprint density at radius 2 is 1.62 bits per heavy atom. The second kappa shape index (κ2) is 8.89. The Hall–Kier alpha value is -4.19. The number of benzene rings is 2. The first-order chi connectivity index (χ1) is 15.5. The molecule has 160 valence electrons. The van der Waals surface area contributed by atoms with E-state index in [-0.39, 0.29) is 5.69 Å². The standard InChI is InChI=1S/C26H21NO5/c1-17-8-3-4-12-22(17)25(29)32-26(30)23-20(16-21-11-5-6-13-27(21)23)15-18-9-7-10-19(14-18)24(28)31-2/h3-14,16H,15H2,1-2H3. The van der Waals surface area contributed by atoms with Crippen molar-refractivity contribution in [2.45, 2.75) is 13.3 Å². The predicted octanol–water partition coefficient (Wildman–Crippen LogP) is 4.62. The van der Waals surface area contributed by atoms with Gasteiger partial charge < -0.3 is 13.9 Å². The van der Waals surface area contributed by atoms with Crippen LogP contribution >= 0.6 is 0 Å². The summed E-state index contributed by atoms with van der Waals surface area (Å²) in [5.41, 5.74) is 4.06. The average molecular weight is 427 g/mol. The van der Waals surface area contributed by atoms with E-state index >= 15 is 0 Å². The Labute approximate surface area is 185 Å². The van der Waals surface area contributed by atoms with Gasteiger partial charge in [-0.3, -0.25) is 0 Å². The van der Waals surface area contributed by atoms with Crippen LogP contribution in [-0.2, 0) is 15.9 Å². The third-order valence-corrected chi connectivity index (χ3v) is 5.24. The van der Waals surface area contributed by atoms with Gasteiger partial charge in [-0.2, -0.15) is 0 Å². The van der Waals surface area contributed by atoms with Crippen molar-refractivity contribution in [2.75, 3.05) is 7.11 Å². The number of nitrogens with zero attached hydrogens (tertiary/aromatic N) is 1. The van der Waals surface area contributed by atoms with E-state index in [1.54, 1.807) is 60.0 Å². The van der Waals surface area contributed by atoms with E-state index in [4.69, 9.17) is 9.47 Å². The highest BCUT2D eigenvalue weighted by Gasteiger charge is 2.23. The average Bonchev–Trinajstić information content (AvgIpc) is 3.16. The molecular formula is C26H21NO5. The van der Waals surface area contributed by atoms with E-state index in [1.807, 2.05) is 30.3 Å². The third-order valence-electron chi connectivity index (χ3n) is 5.24. The van der Waals surface area contributed by atoms with Crippen molar-refractivity contribution in [3.05, 3.63) is 113 Å². The second-order valence-corrected chi connectivity index (χ2v) is 7.37. The molecule has 0 N–H and O–H groups in total. The molecule has 2 heterocycles. The fourth-order valence-corrected chi connectivity index (χ4v) is 3.68. The Morgan fingerprint density at radius 3 is 2.41 bits per heavy atom. The highest BCUT2D eigenvalue weighted by atomic mass is 16.6. The lowest BCUT2D eigenvalue weighted by molar-refractivity contribution is 0.0391. The van der Waals surface area contributed by atoms with Gasteiger partial charge in [0.25, 0.3) is 0 Å². The van der Waals surface area contributed by atoms with Gasteiger partial charge in [0, 0.05) is 11.7 Å². The van der Waals surface area contributed by atoms with Gasteiger partial charge in [0.15, 0.2) is 0 Å². The summed E-state index contributed by atoms with van der Waals surface area (Å²) in [6, 6.07) is 21.4. The maximum atomic E-state index is 13.1. The molecule has 0 unspecified atom stereocenters. The summed E-state index contributed by atoms with van der Waals surface area (Å²) in [7, 11) is 1.33. The number of aromatic nitrogens is 1. The molecule has 2 aromatic carbocycles. The van der Waals surface area contributed by atoms with E-state index in [0.717, 1.165) is 16.6 Å². The van der Waals surface area contributed by atoms with E-state index in [2.05, 4.69) is 0 Å². The summed E-state index contributed by atoms with van der Waals surface area (Å²) in [6.07, 6.45) is 2.12. The molecule has 6 nitrogen and oxygen atoms in total. The number of carbonyl (C=O) groups excluding carboxylic acids is 3. The van der Waals surface area contributed by atoms with Crippen LogP contribution in [0, 0.1) is 6.92 Å². The second-order valence-electron chi connectivity index (χ2n) is 7.37. The van der Waals surface area contributed by atoms with Crippen molar-refractivity contribution in [3.8, 4) is 0 Å². The monoisotopic (exact) mass is 427 g/mol. The third kappa shape index (κ3) is 4.16. The van der Waals surface area contributed by atoms with Crippen LogP contribution in [0.25, 0.3) is 5.52 Å². The summed E-state index contributed by atoms with van der Waals surface area (Å²) >= 11 is 0. The van der Waals surface area contributed by atoms with E-state index in [1.165, 1.54) is 7.11 Å². The van der Waals surface area contributed by atoms with Gasteiger partial charge >= 0.3 is 17.9 Å². The van der Waals surface area contributed by atoms with Crippen molar-refractivity contribution in [1.82, 2.24) is 4.40 Å². The highest BCUT2D eigenvalue weighted by molar-refractivity contribution is 6.03. The van der Waals surface area contributed by atoms with Crippen LogP contribution in [-0.4, -0.2) is 29.4 Å². The smallest absolute Gasteiger partial charge is 0.363 e. The quantitative estimate of drug-likeness (QED) is 0.343. The summed E-state index contributed by atoms with van der Waals surface area (Å²) < 4.78 is 11.7. The zero-order valence-corrected chi connectivity index (χ0v) is 17.7. The fraction of sp³-hybridized carbons (Fsp3) is 0.115. The molecule has 0 bridgehead atoms. The van der Waals surface area contributed by atoms with Gasteiger partial charge in [-0.05, 0) is 66.4 Å². The van der Waals surface area contributed by atoms with Gasteiger partial charge in [0.05, 0.1) is 18.2 Å². The maximum Gasteiger partial charge on any atom is 0.363 e. The molecule has 0 aliphatic rings. The largest absolute Gasteiger partial charge is 0.465 e. The number of aryl methyl sites for hydroxylation is 1. The van der Waals surface area contributed by atoms with E-state index < -0.39 is 17.9 Å². The number of ether oxygens (including phenoxy) is 2. The number of fused-ring (bicyclic) bond motifs is 1. The Morgan fingerprint density at radius 1 is 0.844 bits per heavy atom. The number of methoxy groups -OCH3 is 1. The Kier molecular flexibility index (Phi) is 5.85. The Balaban J connectivity index is 1.69. The molecule has 32 heavy (non-hydrogen) atoms. The summed E-state index contributed by atoms with van der Waals surface area (Å²) in [4.78, 5) is 37.6. The van der Waals surface area contributed by atoms with Crippen LogP contribution in [0.5, 0.6) is 0 Å². The van der Waals surface area contributed by atoms with Crippen LogP contribution in [0.3, 0.4) is 0 Å². The fourth-order valence-electron chi connectivity index (χ4n) is 3.68. The van der Waals surface area contributed by atoms with Gasteiger partial charge in [-0.1, -0.05) is 36.4 Å².